The summed E-state index contributed by atoms with van der Waals surface area (Å²) in [5, 5.41) is 2.12. The summed E-state index contributed by atoms with van der Waals surface area (Å²) < 4.78 is 0. The molecule has 0 saturated heterocycles. The summed E-state index contributed by atoms with van der Waals surface area (Å²) in [6.45, 7) is 8.85. The quantitative estimate of drug-likeness (QED) is 0.597. The fourth-order valence-electron chi connectivity index (χ4n) is 1.63. The van der Waals surface area contributed by atoms with Crippen LogP contribution in [0.15, 0.2) is 11.4 Å². The average Bonchev–Trinajstić information content (AvgIpc) is 2.45. The van der Waals surface area contributed by atoms with Crippen molar-refractivity contribution in [1.82, 2.24) is 5.43 Å². The summed E-state index contributed by atoms with van der Waals surface area (Å²) in [5.74, 6) is 5.59. The predicted octanol–water partition coefficient (Wildman–Crippen LogP) is 3.00. The van der Waals surface area contributed by atoms with E-state index in [2.05, 4.69) is 44.6 Å². The molecule has 0 aliphatic heterocycles. The van der Waals surface area contributed by atoms with Crippen LogP contribution < -0.4 is 11.3 Å². The summed E-state index contributed by atoms with van der Waals surface area (Å²) in [6, 6.07) is 2.44. The van der Waals surface area contributed by atoms with Crippen molar-refractivity contribution < 1.29 is 0 Å². The van der Waals surface area contributed by atoms with Crippen LogP contribution in [0.25, 0.3) is 0 Å². The molecular weight excluding hydrogens is 192 g/mol. The van der Waals surface area contributed by atoms with Crippen LogP contribution in [-0.4, -0.2) is 0 Å². The molecular formula is C11H20N2S. The smallest absolute Gasteiger partial charge is 0.0475 e. The first-order chi connectivity index (χ1) is 6.44. The lowest BCUT2D eigenvalue weighted by molar-refractivity contribution is 0.313. The van der Waals surface area contributed by atoms with Crippen molar-refractivity contribution in [2.24, 2.45) is 11.3 Å². The molecule has 1 rings (SSSR count). The molecule has 0 aliphatic rings. The van der Waals surface area contributed by atoms with Gasteiger partial charge >= 0.3 is 0 Å². The molecule has 1 aromatic heterocycles. The van der Waals surface area contributed by atoms with Crippen LogP contribution in [0.2, 0.25) is 0 Å². The molecule has 0 bridgehead atoms. The number of aryl methyl sites for hydroxylation is 1. The highest BCUT2D eigenvalue weighted by molar-refractivity contribution is 7.10. The topological polar surface area (TPSA) is 38.0 Å². The fourth-order valence-corrected chi connectivity index (χ4v) is 2.39. The Morgan fingerprint density at radius 3 is 2.50 bits per heavy atom. The van der Waals surface area contributed by atoms with E-state index >= 15 is 0 Å². The molecule has 0 radical (unpaired) electrons. The molecule has 1 heterocycles. The summed E-state index contributed by atoms with van der Waals surface area (Å²) in [7, 11) is 0. The molecule has 3 heteroatoms. The van der Waals surface area contributed by atoms with Crippen molar-refractivity contribution in [2.45, 2.75) is 40.2 Å². The van der Waals surface area contributed by atoms with E-state index in [1.807, 2.05) is 0 Å². The van der Waals surface area contributed by atoms with Gasteiger partial charge in [-0.3, -0.25) is 11.3 Å². The number of hydrogen-bond acceptors (Lipinski definition) is 3. The minimum Gasteiger partial charge on any atom is -0.271 e. The van der Waals surface area contributed by atoms with Crippen molar-refractivity contribution in [2.75, 3.05) is 0 Å². The summed E-state index contributed by atoms with van der Waals surface area (Å²) >= 11 is 1.78. The highest BCUT2D eigenvalue weighted by atomic mass is 32.1. The van der Waals surface area contributed by atoms with Crippen molar-refractivity contribution >= 4 is 11.3 Å². The SMILES string of the molecule is Cc1sccc1C(CC(C)(C)C)NN. The van der Waals surface area contributed by atoms with Crippen LogP contribution in [0.4, 0.5) is 0 Å². The van der Waals surface area contributed by atoms with E-state index in [1.54, 1.807) is 11.3 Å². The molecule has 0 saturated carbocycles. The molecule has 1 atom stereocenters. The molecule has 80 valence electrons. The third-order valence-electron chi connectivity index (χ3n) is 2.29. The maximum atomic E-state index is 5.59. The first-order valence-corrected chi connectivity index (χ1v) is 5.82. The molecule has 0 fully saturated rings. The van der Waals surface area contributed by atoms with E-state index in [0.717, 1.165) is 6.42 Å². The van der Waals surface area contributed by atoms with E-state index < -0.39 is 0 Å². The Bertz CT molecular complexity index is 286. The molecule has 0 aliphatic carbocycles. The van der Waals surface area contributed by atoms with Gasteiger partial charge < -0.3 is 0 Å². The number of thiophene rings is 1. The summed E-state index contributed by atoms with van der Waals surface area (Å²) in [5.41, 5.74) is 4.55. The zero-order valence-corrected chi connectivity index (χ0v) is 10.2. The highest BCUT2D eigenvalue weighted by Crippen LogP contribution is 2.31. The number of hydrogen-bond donors (Lipinski definition) is 2. The largest absolute Gasteiger partial charge is 0.271 e. The van der Waals surface area contributed by atoms with Gasteiger partial charge in [0.1, 0.15) is 0 Å². The Kier molecular flexibility index (Phi) is 3.70. The van der Waals surface area contributed by atoms with Crippen molar-refractivity contribution in [3.63, 3.8) is 0 Å². The van der Waals surface area contributed by atoms with Gasteiger partial charge in [-0.1, -0.05) is 20.8 Å². The van der Waals surface area contributed by atoms with Crippen LogP contribution in [0.3, 0.4) is 0 Å². The molecule has 0 spiro atoms. The lowest BCUT2D eigenvalue weighted by Gasteiger charge is -2.25. The summed E-state index contributed by atoms with van der Waals surface area (Å²) in [6.07, 6.45) is 1.06. The minimum atomic E-state index is 0.279. The van der Waals surface area contributed by atoms with E-state index in [4.69, 9.17) is 5.84 Å². The number of rotatable bonds is 3. The van der Waals surface area contributed by atoms with Crippen molar-refractivity contribution in [1.29, 1.82) is 0 Å². The Labute approximate surface area is 90.5 Å². The van der Waals surface area contributed by atoms with E-state index in [9.17, 15) is 0 Å². The second-order valence-corrected chi connectivity index (χ2v) is 6.04. The third kappa shape index (κ3) is 3.08. The highest BCUT2D eigenvalue weighted by Gasteiger charge is 2.20. The van der Waals surface area contributed by atoms with Gasteiger partial charge in [-0.15, -0.1) is 11.3 Å². The standard InChI is InChI=1S/C11H20N2S/c1-8-9(5-6-14-8)10(13-12)7-11(2,3)4/h5-6,10,13H,7,12H2,1-4H3. The first-order valence-electron chi connectivity index (χ1n) is 4.94. The summed E-state index contributed by atoms with van der Waals surface area (Å²) in [4.78, 5) is 1.36. The lowest BCUT2D eigenvalue weighted by atomic mass is 9.86. The first kappa shape index (κ1) is 11.7. The van der Waals surface area contributed by atoms with Gasteiger partial charge in [-0.2, -0.15) is 0 Å². The van der Waals surface area contributed by atoms with Gasteiger partial charge in [-0.25, -0.2) is 0 Å². The van der Waals surface area contributed by atoms with Crippen LogP contribution in [0.1, 0.15) is 43.7 Å². The van der Waals surface area contributed by atoms with E-state index in [1.165, 1.54) is 10.4 Å². The van der Waals surface area contributed by atoms with Gasteiger partial charge in [0.25, 0.3) is 0 Å². The maximum absolute atomic E-state index is 5.59. The Hall–Kier alpha value is -0.380. The zero-order valence-electron chi connectivity index (χ0n) is 9.42. The number of nitrogens with one attached hydrogen (secondary N) is 1. The monoisotopic (exact) mass is 212 g/mol. The molecule has 14 heavy (non-hydrogen) atoms. The number of hydrazine groups is 1. The van der Waals surface area contributed by atoms with Gasteiger partial charge in [0, 0.05) is 10.9 Å². The van der Waals surface area contributed by atoms with Crippen LogP contribution in [0, 0.1) is 12.3 Å². The Morgan fingerprint density at radius 2 is 2.14 bits per heavy atom. The van der Waals surface area contributed by atoms with Gasteiger partial charge in [0.15, 0.2) is 0 Å². The zero-order chi connectivity index (χ0) is 10.8. The van der Waals surface area contributed by atoms with Crippen molar-refractivity contribution in [3.05, 3.63) is 21.9 Å². The van der Waals surface area contributed by atoms with Crippen LogP contribution in [-0.2, 0) is 0 Å². The maximum Gasteiger partial charge on any atom is 0.0475 e. The van der Waals surface area contributed by atoms with Gasteiger partial charge in [-0.05, 0) is 35.8 Å². The lowest BCUT2D eigenvalue weighted by Crippen LogP contribution is -2.31. The molecule has 0 amide bonds. The Morgan fingerprint density at radius 1 is 1.50 bits per heavy atom. The minimum absolute atomic E-state index is 0.279. The normalized spacial score (nSPS) is 14.4. The van der Waals surface area contributed by atoms with Crippen molar-refractivity contribution in [3.8, 4) is 0 Å². The molecule has 2 nitrogen and oxygen atoms in total. The van der Waals surface area contributed by atoms with E-state index in [0.29, 0.717) is 5.41 Å². The number of nitrogens with two attached hydrogens (primary N) is 1. The Balaban J connectivity index is 2.78. The van der Waals surface area contributed by atoms with Crippen LogP contribution in [0.5, 0.6) is 0 Å². The van der Waals surface area contributed by atoms with Gasteiger partial charge in [0.2, 0.25) is 0 Å². The third-order valence-corrected chi connectivity index (χ3v) is 3.15. The van der Waals surface area contributed by atoms with E-state index in [-0.39, 0.29) is 6.04 Å². The van der Waals surface area contributed by atoms with Crippen LogP contribution >= 0.6 is 11.3 Å². The molecule has 0 aromatic carbocycles. The fraction of sp³-hybridized carbons (Fsp3) is 0.636. The molecule has 1 aromatic rings. The molecule has 3 N–H and O–H groups in total. The average molecular weight is 212 g/mol. The second kappa shape index (κ2) is 4.43. The van der Waals surface area contributed by atoms with Gasteiger partial charge in [0.05, 0.1) is 0 Å². The predicted molar refractivity (Wildman–Crippen MR) is 63.2 cm³/mol. The second-order valence-electron chi connectivity index (χ2n) is 4.92. The molecule has 1 unspecified atom stereocenters.